The van der Waals surface area contributed by atoms with Gasteiger partial charge in [-0.3, -0.25) is 0 Å². The van der Waals surface area contributed by atoms with E-state index >= 15 is 22.0 Å². The van der Waals surface area contributed by atoms with Crippen molar-refractivity contribution in [1.29, 1.82) is 0 Å². The molecular formula is C43H32F5P2+. The Kier molecular flexibility index (Phi) is 9.07. The summed E-state index contributed by atoms with van der Waals surface area (Å²) in [5.41, 5.74) is -2.60. The molecular weight excluding hydrogens is 673 g/mol. The normalized spacial score (nSPS) is 16.4. The minimum Gasteiger partial charge on any atom is -0.206 e. The van der Waals surface area contributed by atoms with Crippen molar-refractivity contribution in [2.45, 2.75) is 11.8 Å². The molecule has 0 radical (unpaired) electrons. The second-order valence-electron chi connectivity index (χ2n) is 12.0. The second-order valence-corrected chi connectivity index (χ2v) is 18.5. The molecule has 0 N–H and O–H groups in total. The van der Waals surface area contributed by atoms with E-state index in [-0.39, 0.29) is 0 Å². The predicted molar refractivity (Wildman–Crippen MR) is 202 cm³/mol. The van der Waals surface area contributed by atoms with Gasteiger partial charge in [-0.1, -0.05) is 146 Å². The molecule has 1 aliphatic carbocycles. The maximum absolute atomic E-state index is 17.3. The minimum absolute atomic E-state index is 0.633. The van der Waals surface area contributed by atoms with Gasteiger partial charge >= 0.3 is 11.8 Å². The Morgan fingerprint density at radius 2 is 0.720 bits per heavy atom. The Hall–Kier alpha value is -4.82. The summed E-state index contributed by atoms with van der Waals surface area (Å²) in [6.45, 7) is -3.28. The van der Waals surface area contributed by atoms with E-state index in [1.165, 1.54) is 0 Å². The zero-order valence-corrected chi connectivity index (χ0v) is 28.5. The van der Waals surface area contributed by atoms with Crippen LogP contribution in [0.3, 0.4) is 0 Å². The Morgan fingerprint density at radius 1 is 0.420 bits per heavy atom. The smallest absolute Gasteiger partial charge is 0.206 e. The molecule has 6 aromatic carbocycles. The average Bonchev–Trinajstić information content (AvgIpc) is 3.29. The highest BCUT2D eigenvalue weighted by molar-refractivity contribution is 7.98. The van der Waals surface area contributed by atoms with Gasteiger partial charge in [0.15, 0.2) is 0 Å². The lowest BCUT2D eigenvalue weighted by molar-refractivity contribution is -0.147. The van der Waals surface area contributed by atoms with Crippen LogP contribution in [-0.2, 0) is 0 Å². The van der Waals surface area contributed by atoms with E-state index in [0.29, 0.717) is 31.8 Å². The van der Waals surface area contributed by atoms with E-state index in [1.54, 1.807) is 182 Å². The van der Waals surface area contributed by atoms with E-state index in [2.05, 4.69) is 0 Å². The molecule has 1 aliphatic rings. The van der Waals surface area contributed by atoms with E-state index in [0.717, 1.165) is 11.6 Å². The predicted octanol–water partition coefficient (Wildman–Crippen LogP) is 9.17. The van der Waals surface area contributed by atoms with Crippen molar-refractivity contribution in [1.82, 2.24) is 0 Å². The maximum Gasteiger partial charge on any atom is 0.345 e. The first-order valence-corrected chi connectivity index (χ1v) is 19.8. The standard InChI is InChI=1S/C43H32F5P2/c44-41-39(31-49(33-19-7-1-8-20-33,34-21-9-2-10-22-34)35-23-11-3-12-24-35)42(45,46)43(47,48)40(41)32-50(36-25-13-4-14-26-36,37-27-15-5-16-28-37)38-29-17-6-18-30-38/h1-32H/q+1. The van der Waals surface area contributed by atoms with Crippen LogP contribution < -0.4 is 31.8 Å². The largest absolute Gasteiger partial charge is 0.345 e. The van der Waals surface area contributed by atoms with Crippen LogP contribution in [-0.4, -0.2) is 17.6 Å². The van der Waals surface area contributed by atoms with Crippen molar-refractivity contribution < 1.29 is 22.0 Å². The van der Waals surface area contributed by atoms with Gasteiger partial charge in [-0.25, -0.2) is 4.39 Å². The summed E-state index contributed by atoms with van der Waals surface area (Å²) in [4.78, 5) is 0. The molecule has 6 aromatic rings. The van der Waals surface area contributed by atoms with Gasteiger partial charge in [0, 0.05) is 0 Å². The van der Waals surface area contributed by atoms with E-state index in [1.807, 2.05) is 0 Å². The van der Waals surface area contributed by atoms with Crippen LogP contribution in [0.5, 0.6) is 0 Å². The lowest BCUT2D eigenvalue weighted by Crippen LogP contribution is -2.40. The zero-order valence-electron chi connectivity index (χ0n) is 26.8. The molecule has 0 amide bonds. The third kappa shape index (κ3) is 5.50. The molecule has 0 atom stereocenters. The van der Waals surface area contributed by atoms with Crippen molar-refractivity contribution in [3.05, 3.63) is 205 Å². The number of allylic oxidation sites excluding steroid dienone is 3. The van der Waals surface area contributed by atoms with E-state index in [4.69, 9.17) is 0 Å². The summed E-state index contributed by atoms with van der Waals surface area (Å²) in [7, 11) is -3.28. The van der Waals surface area contributed by atoms with Gasteiger partial charge < -0.3 is 0 Å². The van der Waals surface area contributed by atoms with Gasteiger partial charge in [-0.15, -0.1) is 0 Å². The van der Waals surface area contributed by atoms with Crippen LogP contribution in [0.4, 0.5) is 22.0 Å². The van der Waals surface area contributed by atoms with Crippen molar-refractivity contribution >= 4 is 51.8 Å². The van der Waals surface area contributed by atoms with Gasteiger partial charge in [0.05, 0.1) is 17.0 Å². The summed E-state index contributed by atoms with van der Waals surface area (Å²) in [5, 5.41) is 3.80. The zero-order chi connectivity index (χ0) is 34.8. The molecule has 0 bridgehead atoms. The number of hydrogen-bond acceptors (Lipinski definition) is 0. The lowest BCUT2D eigenvalue weighted by atomic mass is 10.1. The fraction of sp³-hybridized carbons (Fsp3) is 0.0465. The first-order valence-electron chi connectivity index (χ1n) is 16.1. The van der Waals surface area contributed by atoms with Crippen molar-refractivity contribution in [2.24, 2.45) is 0 Å². The fourth-order valence-electron chi connectivity index (χ4n) is 6.74. The summed E-state index contributed by atoms with van der Waals surface area (Å²) in [6, 6.07) is 53.6. The summed E-state index contributed by atoms with van der Waals surface area (Å²) in [5.74, 6) is -9.05. The Labute approximate surface area is 289 Å². The molecule has 0 fully saturated rings. The molecule has 0 unspecified atom stereocenters. The number of halogens is 5. The van der Waals surface area contributed by atoms with Gasteiger partial charge in [0.25, 0.3) is 0 Å². The van der Waals surface area contributed by atoms with Crippen molar-refractivity contribution in [3.63, 3.8) is 0 Å². The van der Waals surface area contributed by atoms with E-state index in [9.17, 15) is 0 Å². The van der Waals surface area contributed by atoms with Gasteiger partial charge in [-0.2, -0.15) is 17.6 Å². The van der Waals surface area contributed by atoms with Crippen LogP contribution in [0.2, 0.25) is 0 Å². The Balaban J connectivity index is 1.61. The molecule has 0 heterocycles. The van der Waals surface area contributed by atoms with Crippen LogP contribution in [0.1, 0.15) is 0 Å². The molecule has 0 aliphatic heterocycles. The SMILES string of the molecule is FC1=C(C=P(c2ccccc2)(c2ccccc2)c2ccccc2)C(F)(F)C(F)(F)C1=C[P+](c1ccccc1)(c1ccccc1)c1ccccc1. The molecule has 50 heavy (non-hydrogen) atoms. The highest BCUT2D eigenvalue weighted by Gasteiger charge is 2.69. The van der Waals surface area contributed by atoms with Gasteiger partial charge in [0.1, 0.15) is 29.0 Å². The van der Waals surface area contributed by atoms with Crippen molar-refractivity contribution in [3.8, 4) is 0 Å². The lowest BCUT2D eigenvalue weighted by Gasteiger charge is -2.30. The highest BCUT2D eigenvalue weighted by Crippen LogP contribution is 2.64. The number of hydrogen-bond donors (Lipinski definition) is 0. The average molecular weight is 706 g/mol. The number of rotatable bonds is 8. The monoisotopic (exact) mass is 705 g/mol. The molecule has 0 saturated carbocycles. The number of alkyl halides is 4. The van der Waals surface area contributed by atoms with Crippen LogP contribution in [0, 0.1) is 0 Å². The van der Waals surface area contributed by atoms with E-state index < -0.39 is 43.0 Å². The molecule has 7 heteroatoms. The van der Waals surface area contributed by atoms with Crippen molar-refractivity contribution in [2.75, 3.05) is 0 Å². The molecule has 0 saturated heterocycles. The van der Waals surface area contributed by atoms with Crippen LogP contribution >= 0.6 is 14.1 Å². The third-order valence-electron chi connectivity index (χ3n) is 9.17. The highest BCUT2D eigenvalue weighted by atomic mass is 31.2. The number of benzene rings is 6. The second kappa shape index (κ2) is 13.5. The molecule has 248 valence electrons. The summed E-state index contributed by atoms with van der Waals surface area (Å²) < 4.78 is 83.9. The fourth-order valence-corrected chi connectivity index (χ4v) is 14.6. The molecule has 0 nitrogen and oxygen atoms in total. The minimum atomic E-state index is -4.85. The molecule has 7 rings (SSSR count). The molecule has 0 spiro atoms. The summed E-state index contributed by atoms with van der Waals surface area (Å²) in [6.07, 6.45) is 0. The van der Waals surface area contributed by atoms with Gasteiger partial charge in [0.2, 0.25) is 0 Å². The topological polar surface area (TPSA) is 0 Å². The van der Waals surface area contributed by atoms with Crippen LogP contribution in [0.25, 0.3) is 0 Å². The molecule has 0 aromatic heterocycles. The van der Waals surface area contributed by atoms with Crippen LogP contribution in [0.15, 0.2) is 205 Å². The maximum atomic E-state index is 17.3. The Morgan fingerprint density at radius 3 is 1.04 bits per heavy atom. The third-order valence-corrected chi connectivity index (χ3v) is 17.1. The quantitative estimate of drug-likeness (QED) is 0.110. The van der Waals surface area contributed by atoms with Gasteiger partial charge in [-0.05, 0) is 65.0 Å². The first kappa shape index (κ1) is 33.7. The summed E-state index contributed by atoms with van der Waals surface area (Å²) >= 11 is 0. The Bertz CT molecular complexity index is 2000. The first-order chi connectivity index (χ1) is 24.2.